The van der Waals surface area contributed by atoms with Gasteiger partial charge in [-0.15, -0.1) is 11.8 Å². The molecule has 1 saturated heterocycles. The molecule has 2 nitrogen and oxygen atoms in total. The minimum absolute atomic E-state index is 0.589. The molecular formula is C12H17ClN2S. The van der Waals surface area contributed by atoms with Crippen molar-refractivity contribution in [1.82, 2.24) is 9.88 Å². The predicted octanol–water partition coefficient (Wildman–Crippen LogP) is 3.17. The summed E-state index contributed by atoms with van der Waals surface area (Å²) in [5, 5.41) is 1.63. The summed E-state index contributed by atoms with van der Waals surface area (Å²) in [6, 6.07) is 5.81. The van der Waals surface area contributed by atoms with E-state index in [4.69, 9.17) is 11.6 Å². The fourth-order valence-corrected chi connectivity index (χ4v) is 3.31. The molecule has 1 aromatic rings. The van der Waals surface area contributed by atoms with Crippen LogP contribution >= 0.6 is 23.4 Å². The summed E-state index contributed by atoms with van der Waals surface area (Å²) in [5.41, 5.74) is 0. The van der Waals surface area contributed by atoms with Crippen LogP contribution in [0.15, 0.2) is 23.2 Å². The Hall–Kier alpha value is -0.250. The maximum Gasteiger partial charge on any atom is 0.130 e. The first kappa shape index (κ1) is 12.2. The van der Waals surface area contributed by atoms with Crippen molar-refractivity contribution in [1.29, 1.82) is 0 Å². The summed E-state index contributed by atoms with van der Waals surface area (Å²) < 4.78 is 0. The van der Waals surface area contributed by atoms with Crippen molar-refractivity contribution in [3.8, 4) is 0 Å². The molecule has 0 spiro atoms. The second-order valence-corrected chi connectivity index (χ2v) is 5.81. The fourth-order valence-electron chi connectivity index (χ4n) is 2.08. The van der Waals surface area contributed by atoms with Gasteiger partial charge in [-0.05, 0) is 44.5 Å². The number of piperidine rings is 1. The van der Waals surface area contributed by atoms with E-state index in [1.165, 1.54) is 25.9 Å². The van der Waals surface area contributed by atoms with E-state index in [9.17, 15) is 0 Å². The second-order valence-electron chi connectivity index (χ2n) is 4.38. The largest absolute Gasteiger partial charge is 0.306 e. The van der Waals surface area contributed by atoms with Gasteiger partial charge in [0.15, 0.2) is 0 Å². The second kappa shape index (κ2) is 5.89. The third-order valence-electron chi connectivity index (χ3n) is 2.88. The van der Waals surface area contributed by atoms with Crippen LogP contribution in [0.2, 0.25) is 5.15 Å². The van der Waals surface area contributed by atoms with Crippen LogP contribution in [0.1, 0.15) is 12.8 Å². The van der Waals surface area contributed by atoms with Gasteiger partial charge in [0.05, 0.1) is 5.03 Å². The molecule has 1 aliphatic rings. The average Bonchev–Trinajstić information content (AvgIpc) is 2.27. The van der Waals surface area contributed by atoms with Gasteiger partial charge in [0.1, 0.15) is 5.15 Å². The number of pyridine rings is 1. The highest BCUT2D eigenvalue weighted by Gasteiger charge is 2.17. The van der Waals surface area contributed by atoms with Crippen LogP contribution in [0.5, 0.6) is 0 Å². The molecule has 1 aromatic heterocycles. The van der Waals surface area contributed by atoms with E-state index in [0.717, 1.165) is 16.7 Å². The van der Waals surface area contributed by atoms with Crippen molar-refractivity contribution in [2.45, 2.75) is 17.9 Å². The lowest BCUT2D eigenvalue weighted by Gasteiger charge is -2.29. The third-order valence-corrected chi connectivity index (χ3v) is 4.25. The van der Waals surface area contributed by atoms with Gasteiger partial charge in [-0.25, -0.2) is 4.98 Å². The molecule has 1 fully saturated rings. The van der Waals surface area contributed by atoms with Crippen molar-refractivity contribution in [2.24, 2.45) is 5.92 Å². The highest BCUT2D eigenvalue weighted by atomic mass is 35.5. The van der Waals surface area contributed by atoms with Gasteiger partial charge < -0.3 is 4.90 Å². The monoisotopic (exact) mass is 256 g/mol. The van der Waals surface area contributed by atoms with Crippen molar-refractivity contribution in [3.63, 3.8) is 0 Å². The summed E-state index contributed by atoms with van der Waals surface area (Å²) in [5.74, 6) is 1.95. The number of hydrogen-bond acceptors (Lipinski definition) is 3. The Bertz CT molecular complexity index is 346. The first-order chi connectivity index (χ1) is 7.74. The van der Waals surface area contributed by atoms with Gasteiger partial charge in [-0.3, -0.25) is 0 Å². The average molecular weight is 257 g/mol. The number of rotatable bonds is 3. The first-order valence-corrected chi connectivity index (χ1v) is 7.04. The topological polar surface area (TPSA) is 16.1 Å². The van der Waals surface area contributed by atoms with E-state index in [1.54, 1.807) is 0 Å². The van der Waals surface area contributed by atoms with Gasteiger partial charge in [0.25, 0.3) is 0 Å². The quantitative estimate of drug-likeness (QED) is 0.611. The van der Waals surface area contributed by atoms with E-state index in [0.29, 0.717) is 5.15 Å². The van der Waals surface area contributed by atoms with Gasteiger partial charge in [-0.1, -0.05) is 17.7 Å². The summed E-state index contributed by atoms with van der Waals surface area (Å²) >= 11 is 7.68. The molecule has 2 rings (SSSR count). The van der Waals surface area contributed by atoms with Crippen LogP contribution in [0.3, 0.4) is 0 Å². The lowest BCUT2D eigenvalue weighted by Crippen LogP contribution is -2.33. The summed E-state index contributed by atoms with van der Waals surface area (Å²) in [6.07, 6.45) is 2.67. The van der Waals surface area contributed by atoms with Crippen LogP contribution in [-0.2, 0) is 0 Å². The van der Waals surface area contributed by atoms with Gasteiger partial charge >= 0.3 is 0 Å². The molecular weight excluding hydrogens is 240 g/mol. The smallest absolute Gasteiger partial charge is 0.130 e. The zero-order chi connectivity index (χ0) is 11.4. The zero-order valence-corrected chi connectivity index (χ0v) is 11.1. The molecule has 88 valence electrons. The van der Waals surface area contributed by atoms with Crippen molar-refractivity contribution < 1.29 is 0 Å². The molecule has 0 aliphatic carbocycles. The molecule has 1 atom stereocenters. The summed E-state index contributed by atoms with van der Waals surface area (Å²) in [4.78, 5) is 6.71. The predicted molar refractivity (Wildman–Crippen MR) is 70.2 cm³/mol. The highest BCUT2D eigenvalue weighted by Crippen LogP contribution is 2.24. The van der Waals surface area contributed by atoms with Crippen molar-refractivity contribution >= 4 is 23.4 Å². The molecule has 1 unspecified atom stereocenters. The summed E-state index contributed by atoms with van der Waals surface area (Å²) in [6.45, 7) is 2.46. The highest BCUT2D eigenvalue weighted by molar-refractivity contribution is 7.99. The molecule has 0 radical (unpaired) electrons. The van der Waals surface area contributed by atoms with Crippen LogP contribution < -0.4 is 0 Å². The molecule has 0 amide bonds. The number of aromatic nitrogens is 1. The number of hydrogen-bond donors (Lipinski definition) is 0. The standard InChI is InChI=1S/C12H17ClN2S/c1-15-7-3-4-10(8-15)9-16-12-6-2-5-11(13)14-12/h2,5-6,10H,3-4,7-9H2,1H3. The normalized spacial score (nSPS) is 22.2. The molecule has 0 N–H and O–H groups in total. The molecule has 2 heterocycles. The molecule has 4 heteroatoms. The molecule has 0 aromatic carbocycles. The number of thioether (sulfide) groups is 1. The summed E-state index contributed by atoms with van der Waals surface area (Å²) in [7, 11) is 2.20. The number of likely N-dealkylation sites (tertiary alicyclic amines) is 1. The Kier molecular flexibility index (Phi) is 4.50. The van der Waals surface area contributed by atoms with Crippen LogP contribution in [0, 0.1) is 5.92 Å². The first-order valence-electron chi connectivity index (χ1n) is 5.68. The Labute approximate surface area is 106 Å². The van der Waals surface area contributed by atoms with E-state index in [2.05, 4.69) is 16.9 Å². The van der Waals surface area contributed by atoms with E-state index >= 15 is 0 Å². The SMILES string of the molecule is CN1CCCC(CSc2cccc(Cl)n2)C1. The van der Waals surface area contributed by atoms with Gasteiger partial charge in [-0.2, -0.15) is 0 Å². The number of nitrogens with zero attached hydrogens (tertiary/aromatic N) is 2. The Morgan fingerprint density at radius 2 is 2.44 bits per heavy atom. The van der Waals surface area contributed by atoms with Crippen LogP contribution in [-0.4, -0.2) is 35.8 Å². The Morgan fingerprint density at radius 3 is 3.19 bits per heavy atom. The molecule has 0 saturated carbocycles. The van der Waals surface area contributed by atoms with Crippen molar-refractivity contribution in [3.05, 3.63) is 23.4 Å². The van der Waals surface area contributed by atoms with E-state index in [-0.39, 0.29) is 0 Å². The maximum absolute atomic E-state index is 5.86. The van der Waals surface area contributed by atoms with Crippen molar-refractivity contribution in [2.75, 3.05) is 25.9 Å². The minimum atomic E-state index is 0.589. The molecule has 1 aliphatic heterocycles. The molecule has 16 heavy (non-hydrogen) atoms. The lowest BCUT2D eigenvalue weighted by molar-refractivity contribution is 0.224. The van der Waals surface area contributed by atoms with Crippen LogP contribution in [0.4, 0.5) is 0 Å². The Morgan fingerprint density at radius 1 is 1.56 bits per heavy atom. The number of halogens is 1. The van der Waals surface area contributed by atoms with Gasteiger partial charge in [0.2, 0.25) is 0 Å². The Balaban J connectivity index is 1.82. The van der Waals surface area contributed by atoms with E-state index in [1.807, 2.05) is 30.0 Å². The fraction of sp³-hybridized carbons (Fsp3) is 0.583. The minimum Gasteiger partial charge on any atom is -0.306 e. The van der Waals surface area contributed by atoms with E-state index < -0.39 is 0 Å². The zero-order valence-electron chi connectivity index (χ0n) is 9.53. The third kappa shape index (κ3) is 3.65. The lowest BCUT2D eigenvalue weighted by atomic mass is 10.0. The maximum atomic E-state index is 5.86. The molecule has 0 bridgehead atoms. The van der Waals surface area contributed by atoms with Crippen LogP contribution in [0.25, 0.3) is 0 Å². The van der Waals surface area contributed by atoms with Gasteiger partial charge in [0, 0.05) is 12.3 Å².